The van der Waals surface area contributed by atoms with Gasteiger partial charge in [-0.25, -0.2) is 0 Å². The summed E-state index contributed by atoms with van der Waals surface area (Å²) in [6.07, 6.45) is 3.42. The molecule has 3 heteroatoms. The van der Waals surface area contributed by atoms with Crippen LogP contribution in [0.25, 0.3) is 0 Å². The molecule has 2 unspecified atom stereocenters. The molecule has 2 saturated carbocycles. The molecule has 0 N–H and O–H groups in total. The van der Waals surface area contributed by atoms with Gasteiger partial charge in [-0.05, 0) is 43.2 Å². The fourth-order valence-electron chi connectivity index (χ4n) is 4.77. The number of rotatable bonds is 1. The Morgan fingerprint density at radius 1 is 1.29 bits per heavy atom. The predicted molar refractivity (Wildman–Crippen MR) is 81.1 cm³/mol. The number of amides is 1. The number of para-hydroxylation sites is 1. The Bertz CT molecular complexity index is 648. The number of nitrogens with zero attached hydrogens (tertiary/aromatic N) is 1. The van der Waals surface area contributed by atoms with Crippen molar-refractivity contribution >= 4 is 17.4 Å². The van der Waals surface area contributed by atoms with E-state index in [9.17, 15) is 9.59 Å². The van der Waals surface area contributed by atoms with Gasteiger partial charge in [0.1, 0.15) is 5.41 Å². The molecule has 21 heavy (non-hydrogen) atoms. The van der Waals surface area contributed by atoms with E-state index >= 15 is 0 Å². The van der Waals surface area contributed by atoms with Gasteiger partial charge in [-0.1, -0.05) is 32.0 Å². The quantitative estimate of drug-likeness (QED) is 0.743. The summed E-state index contributed by atoms with van der Waals surface area (Å²) in [7, 11) is 0. The van der Waals surface area contributed by atoms with Crippen LogP contribution in [0, 0.1) is 16.7 Å². The highest BCUT2D eigenvalue weighted by molar-refractivity contribution is 6.16. The molecule has 1 heterocycles. The largest absolute Gasteiger partial charge is 0.311 e. The number of ketones is 1. The summed E-state index contributed by atoms with van der Waals surface area (Å²) in [5.41, 5.74) is 1.18. The lowest BCUT2D eigenvalue weighted by Gasteiger charge is -2.34. The summed E-state index contributed by atoms with van der Waals surface area (Å²) in [6.45, 7) is 4.76. The SMILES string of the molecule is CC1(C)C(=O)C2(C(=O)N3CCc4ccccc43)CCC1C2. The average molecular weight is 283 g/mol. The van der Waals surface area contributed by atoms with Crippen molar-refractivity contribution in [2.45, 2.75) is 39.5 Å². The van der Waals surface area contributed by atoms with Gasteiger partial charge in [-0.15, -0.1) is 0 Å². The molecule has 2 bridgehead atoms. The Balaban J connectivity index is 1.72. The maximum absolute atomic E-state index is 13.2. The Labute approximate surface area is 125 Å². The molecule has 2 atom stereocenters. The van der Waals surface area contributed by atoms with Gasteiger partial charge in [-0.3, -0.25) is 9.59 Å². The first-order valence-corrected chi connectivity index (χ1v) is 7.91. The number of anilines is 1. The molecule has 1 aromatic rings. The van der Waals surface area contributed by atoms with Crippen molar-refractivity contribution in [1.29, 1.82) is 0 Å². The van der Waals surface area contributed by atoms with Crippen molar-refractivity contribution in [2.24, 2.45) is 16.7 Å². The summed E-state index contributed by atoms with van der Waals surface area (Å²) in [6, 6.07) is 8.08. The Kier molecular flexibility index (Phi) is 2.46. The molecule has 1 amide bonds. The number of benzene rings is 1. The first-order chi connectivity index (χ1) is 9.97. The van der Waals surface area contributed by atoms with Crippen molar-refractivity contribution in [3.63, 3.8) is 0 Å². The van der Waals surface area contributed by atoms with Crippen molar-refractivity contribution in [3.05, 3.63) is 29.8 Å². The van der Waals surface area contributed by atoms with Crippen molar-refractivity contribution in [3.8, 4) is 0 Å². The molecule has 1 aliphatic heterocycles. The molecule has 4 rings (SSSR count). The van der Waals surface area contributed by atoms with Gasteiger partial charge in [0.25, 0.3) is 0 Å². The van der Waals surface area contributed by atoms with Crippen molar-refractivity contribution in [1.82, 2.24) is 0 Å². The zero-order valence-electron chi connectivity index (χ0n) is 12.7. The highest BCUT2D eigenvalue weighted by Crippen LogP contribution is 2.61. The molecule has 2 aliphatic carbocycles. The minimum atomic E-state index is -0.731. The lowest BCUT2D eigenvalue weighted by atomic mass is 9.70. The van der Waals surface area contributed by atoms with Gasteiger partial charge in [0.15, 0.2) is 5.78 Å². The van der Waals surface area contributed by atoms with E-state index in [0.29, 0.717) is 5.92 Å². The molecular weight excluding hydrogens is 262 g/mol. The van der Waals surface area contributed by atoms with E-state index in [4.69, 9.17) is 0 Å². The van der Waals surface area contributed by atoms with Crippen LogP contribution in [0.2, 0.25) is 0 Å². The van der Waals surface area contributed by atoms with Crippen molar-refractivity contribution in [2.75, 3.05) is 11.4 Å². The van der Waals surface area contributed by atoms with Crippen molar-refractivity contribution < 1.29 is 9.59 Å². The minimum absolute atomic E-state index is 0.0607. The van der Waals surface area contributed by atoms with E-state index in [1.165, 1.54) is 5.56 Å². The van der Waals surface area contributed by atoms with Gasteiger partial charge < -0.3 is 4.90 Å². The first kappa shape index (κ1) is 13.1. The first-order valence-electron chi connectivity index (χ1n) is 7.91. The molecule has 3 aliphatic rings. The Morgan fingerprint density at radius 2 is 2.05 bits per heavy atom. The Morgan fingerprint density at radius 3 is 2.76 bits per heavy atom. The number of carbonyl (C=O) groups is 2. The highest BCUT2D eigenvalue weighted by atomic mass is 16.2. The molecule has 0 spiro atoms. The molecule has 0 saturated heterocycles. The van der Waals surface area contributed by atoms with E-state index in [1.54, 1.807) is 0 Å². The lowest BCUT2D eigenvalue weighted by molar-refractivity contribution is -0.143. The number of carbonyl (C=O) groups excluding carboxylic acids is 2. The zero-order valence-corrected chi connectivity index (χ0v) is 12.7. The predicted octanol–water partition coefficient (Wildman–Crippen LogP) is 2.97. The fraction of sp³-hybridized carbons (Fsp3) is 0.556. The van der Waals surface area contributed by atoms with E-state index in [0.717, 1.165) is 37.9 Å². The molecule has 110 valence electrons. The molecular formula is C18H21NO2. The topological polar surface area (TPSA) is 37.4 Å². The molecule has 1 aromatic carbocycles. The second kappa shape index (κ2) is 3.96. The molecule has 0 radical (unpaired) electrons. The normalized spacial score (nSPS) is 32.6. The third kappa shape index (κ3) is 1.49. The average Bonchev–Trinajstić information content (AvgIpc) is 3.14. The second-order valence-corrected chi connectivity index (χ2v) is 7.41. The number of fused-ring (bicyclic) bond motifs is 3. The van der Waals surface area contributed by atoms with E-state index in [2.05, 4.69) is 6.07 Å². The van der Waals surface area contributed by atoms with Gasteiger partial charge in [0.2, 0.25) is 5.91 Å². The lowest BCUT2D eigenvalue weighted by Crippen LogP contribution is -2.48. The van der Waals surface area contributed by atoms with Crippen LogP contribution in [-0.2, 0) is 16.0 Å². The second-order valence-electron chi connectivity index (χ2n) is 7.41. The maximum Gasteiger partial charge on any atom is 0.240 e. The Hall–Kier alpha value is -1.64. The fourth-order valence-corrected chi connectivity index (χ4v) is 4.77. The van der Waals surface area contributed by atoms with Gasteiger partial charge in [0.05, 0.1) is 0 Å². The van der Waals surface area contributed by atoms with E-state index in [1.807, 2.05) is 36.9 Å². The van der Waals surface area contributed by atoms with Crippen LogP contribution >= 0.6 is 0 Å². The highest BCUT2D eigenvalue weighted by Gasteiger charge is 2.66. The van der Waals surface area contributed by atoms with Crippen LogP contribution in [0.15, 0.2) is 24.3 Å². The standard InChI is InChI=1S/C18H21NO2/c1-17(2)13-7-9-18(11-13,15(17)20)16(21)19-10-8-12-5-3-4-6-14(12)19/h3-6,13H,7-11H2,1-2H3. The summed E-state index contributed by atoms with van der Waals surface area (Å²) in [5.74, 6) is 0.623. The summed E-state index contributed by atoms with van der Waals surface area (Å²) in [5, 5.41) is 0. The summed E-state index contributed by atoms with van der Waals surface area (Å²) < 4.78 is 0. The van der Waals surface area contributed by atoms with Crippen LogP contribution in [-0.4, -0.2) is 18.2 Å². The van der Waals surface area contributed by atoms with Gasteiger partial charge >= 0.3 is 0 Å². The maximum atomic E-state index is 13.2. The van der Waals surface area contributed by atoms with Crippen LogP contribution in [0.1, 0.15) is 38.7 Å². The third-order valence-corrected chi connectivity index (χ3v) is 6.10. The molecule has 3 nitrogen and oxygen atoms in total. The smallest absolute Gasteiger partial charge is 0.240 e. The summed E-state index contributed by atoms with van der Waals surface area (Å²) in [4.78, 5) is 27.9. The van der Waals surface area contributed by atoms with Crippen LogP contribution in [0.4, 0.5) is 5.69 Å². The van der Waals surface area contributed by atoms with Crippen LogP contribution < -0.4 is 4.90 Å². The van der Waals surface area contributed by atoms with Gasteiger partial charge in [-0.2, -0.15) is 0 Å². The molecule has 0 aromatic heterocycles. The van der Waals surface area contributed by atoms with Gasteiger partial charge in [0, 0.05) is 17.6 Å². The third-order valence-electron chi connectivity index (χ3n) is 6.10. The molecule has 2 fully saturated rings. The number of Topliss-reactive ketones (excluding diaryl/α,β-unsaturated/α-hetero) is 1. The van der Waals surface area contributed by atoms with Crippen LogP contribution in [0.3, 0.4) is 0 Å². The minimum Gasteiger partial charge on any atom is -0.311 e. The van der Waals surface area contributed by atoms with E-state index < -0.39 is 5.41 Å². The number of hydrogen-bond donors (Lipinski definition) is 0. The summed E-state index contributed by atoms with van der Waals surface area (Å²) >= 11 is 0. The van der Waals surface area contributed by atoms with E-state index in [-0.39, 0.29) is 17.1 Å². The zero-order chi connectivity index (χ0) is 14.8. The number of hydrogen-bond acceptors (Lipinski definition) is 2. The van der Waals surface area contributed by atoms with Crippen LogP contribution in [0.5, 0.6) is 0 Å². The monoisotopic (exact) mass is 283 g/mol.